The number of aromatic nitrogens is 3. The van der Waals surface area contributed by atoms with E-state index in [4.69, 9.17) is 0 Å². The lowest BCUT2D eigenvalue weighted by Crippen LogP contribution is -2.19. The fourth-order valence-electron chi connectivity index (χ4n) is 1.99. The first-order valence-electron chi connectivity index (χ1n) is 6.87. The van der Waals surface area contributed by atoms with Crippen LogP contribution >= 0.6 is 0 Å². The minimum absolute atomic E-state index is 0.291. The van der Waals surface area contributed by atoms with Crippen LogP contribution in [0.25, 0.3) is 0 Å². The van der Waals surface area contributed by atoms with Gasteiger partial charge in [0.05, 0.1) is 0 Å². The molecule has 0 radical (unpaired) electrons. The minimum Gasteiger partial charge on any atom is -0.368 e. The first-order valence-corrected chi connectivity index (χ1v) is 6.87. The molecule has 106 valence electrons. The van der Waals surface area contributed by atoms with Gasteiger partial charge in [-0.3, -0.25) is 4.98 Å². The van der Waals surface area contributed by atoms with Gasteiger partial charge < -0.3 is 10.6 Å². The summed E-state index contributed by atoms with van der Waals surface area (Å²) < 4.78 is 0. The van der Waals surface area contributed by atoms with Crippen molar-refractivity contribution in [2.24, 2.45) is 0 Å². The van der Waals surface area contributed by atoms with Gasteiger partial charge in [0.15, 0.2) is 0 Å². The van der Waals surface area contributed by atoms with E-state index >= 15 is 0 Å². The second kappa shape index (κ2) is 6.84. The van der Waals surface area contributed by atoms with Crippen molar-refractivity contribution in [2.75, 3.05) is 10.6 Å². The van der Waals surface area contributed by atoms with Crippen LogP contribution in [0.3, 0.4) is 0 Å². The third-order valence-electron chi connectivity index (χ3n) is 2.79. The molecule has 5 heteroatoms. The molecule has 2 N–H and O–H groups in total. The molecule has 1 atom stereocenters. The fourth-order valence-corrected chi connectivity index (χ4v) is 1.99. The predicted molar refractivity (Wildman–Crippen MR) is 81.8 cm³/mol. The zero-order chi connectivity index (χ0) is 14.4. The van der Waals surface area contributed by atoms with E-state index in [0.717, 1.165) is 18.1 Å². The molecule has 0 amide bonds. The zero-order valence-electron chi connectivity index (χ0n) is 12.2. The summed E-state index contributed by atoms with van der Waals surface area (Å²) in [6.07, 6.45) is 6.14. The Morgan fingerprint density at radius 1 is 1.00 bits per heavy atom. The van der Waals surface area contributed by atoms with Crippen LogP contribution in [0.1, 0.15) is 26.3 Å². The van der Waals surface area contributed by atoms with Gasteiger partial charge in [-0.1, -0.05) is 0 Å². The lowest BCUT2D eigenvalue weighted by atomic mass is 10.1. The summed E-state index contributed by atoms with van der Waals surface area (Å²) in [5, 5.41) is 6.66. The van der Waals surface area contributed by atoms with E-state index < -0.39 is 0 Å². The topological polar surface area (TPSA) is 62.7 Å². The van der Waals surface area contributed by atoms with Crippen LogP contribution in [-0.2, 0) is 6.42 Å². The third-order valence-corrected chi connectivity index (χ3v) is 2.79. The Morgan fingerprint density at radius 2 is 1.65 bits per heavy atom. The molecule has 0 fully saturated rings. The van der Waals surface area contributed by atoms with Crippen molar-refractivity contribution in [3.63, 3.8) is 0 Å². The van der Waals surface area contributed by atoms with Crippen molar-refractivity contribution in [2.45, 2.75) is 39.3 Å². The van der Waals surface area contributed by atoms with Gasteiger partial charge in [0.2, 0.25) is 0 Å². The molecule has 0 saturated heterocycles. The Morgan fingerprint density at radius 3 is 2.30 bits per heavy atom. The zero-order valence-corrected chi connectivity index (χ0v) is 12.2. The monoisotopic (exact) mass is 271 g/mol. The van der Waals surface area contributed by atoms with Gasteiger partial charge in [0, 0.05) is 30.5 Å². The van der Waals surface area contributed by atoms with E-state index in [1.807, 2.05) is 30.6 Å². The molecule has 0 aliphatic carbocycles. The molecule has 0 aliphatic rings. The van der Waals surface area contributed by atoms with Gasteiger partial charge in [0.1, 0.15) is 18.0 Å². The Bertz CT molecular complexity index is 527. The molecule has 5 nitrogen and oxygen atoms in total. The van der Waals surface area contributed by atoms with E-state index in [-0.39, 0.29) is 0 Å². The van der Waals surface area contributed by atoms with Gasteiger partial charge in [-0.25, -0.2) is 9.97 Å². The average molecular weight is 271 g/mol. The fraction of sp³-hybridized carbons (Fsp3) is 0.400. The summed E-state index contributed by atoms with van der Waals surface area (Å²) in [7, 11) is 0. The SMILES string of the molecule is CC(C)Nc1cc(NC(C)Cc2ccncc2)ncn1. The van der Waals surface area contributed by atoms with Crippen molar-refractivity contribution in [1.82, 2.24) is 15.0 Å². The van der Waals surface area contributed by atoms with Gasteiger partial charge in [-0.2, -0.15) is 0 Å². The maximum Gasteiger partial charge on any atom is 0.131 e. The minimum atomic E-state index is 0.291. The van der Waals surface area contributed by atoms with E-state index in [1.54, 1.807) is 6.33 Å². The number of pyridine rings is 1. The molecule has 2 aromatic rings. The van der Waals surface area contributed by atoms with Crippen molar-refractivity contribution in [1.29, 1.82) is 0 Å². The second-order valence-electron chi connectivity index (χ2n) is 5.19. The standard InChI is InChI=1S/C15H21N5/c1-11(2)19-14-9-15(18-10-17-14)20-12(3)8-13-4-6-16-7-5-13/h4-7,9-12H,8H2,1-3H3,(H2,17,18,19,20). The summed E-state index contributed by atoms with van der Waals surface area (Å²) in [5.41, 5.74) is 1.26. The number of rotatable bonds is 6. The Hall–Kier alpha value is -2.17. The van der Waals surface area contributed by atoms with Crippen LogP contribution in [0.5, 0.6) is 0 Å². The van der Waals surface area contributed by atoms with E-state index in [9.17, 15) is 0 Å². The largest absolute Gasteiger partial charge is 0.368 e. The molecule has 0 aromatic carbocycles. The number of nitrogens with one attached hydrogen (secondary N) is 2. The Balaban J connectivity index is 1.95. The molecule has 2 heterocycles. The molecular formula is C15H21N5. The summed E-state index contributed by atoms with van der Waals surface area (Å²) in [6.45, 7) is 6.31. The van der Waals surface area contributed by atoms with Crippen LogP contribution in [0, 0.1) is 0 Å². The van der Waals surface area contributed by atoms with Crippen LogP contribution in [0.2, 0.25) is 0 Å². The summed E-state index contributed by atoms with van der Waals surface area (Å²) >= 11 is 0. The van der Waals surface area contributed by atoms with Crippen LogP contribution in [0.15, 0.2) is 36.9 Å². The molecule has 1 unspecified atom stereocenters. The highest BCUT2D eigenvalue weighted by atomic mass is 15.1. The Kier molecular flexibility index (Phi) is 4.87. The number of hydrogen-bond donors (Lipinski definition) is 2. The average Bonchev–Trinajstić information content (AvgIpc) is 2.39. The predicted octanol–water partition coefficient (Wildman–Crippen LogP) is 2.74. The van der Waals surface area contributed by atoms with Crippen molar-refractivity contribution < 1.29 is 0 Å². The molecule has 2 rings (SSSR count). The van der Waals surface area contributed by atoms with Crippen molar-refractivity contribution in [3.05, 3.63) is 42.5 Å². The molecule has 0 bridgehead atoms. The lowest BCUT2D eigenvalue weighted by molar-refractivity contribution is 0.782. The van der Waals surface area contributed by atoms with E-state index in [0.29, 0.717) is 12.1 Å². The smallest absolute Gasteiger partial charge is 0.131 e. The Labute approximate surface area is 119 Å². The van der Waals surface area contributed by atoms with E-state index in [1.165, 1.54) is 5.56 Å². The molecule has 0 aliphatic heterocycles. The second-order valence-corrected chi connectivity index (χ2v) is 5.19. The van der Waals surface area contributed by atoms with Crippen molar-refractivity contribution in [3.8, 4) is 0 Å². The third kappa shape index (κ3) is 4.50. The maximum absolute atomic E-state index is 4.25. The summed E-state index contributed by atoms with van der Waals surface area (Å²) in [5.74, 6) is 1.68. The number of nitrogens with zero attached hydrogens (tertiary/aromatic N) is 3. The first-order chi connectivity index (χ1) is 9.63. The van der Waals surface area contributed by atoms with Crippen molar-refractivity contribution >= 4 is 11.6 Å². The summed E-state index contributed by atoms with van der Waals surface area (Å²) in [6, 6.07) is 6.64. The quantitative estimate of drug-likeness (QED) is 0.846. The molecule has 0 spiro atoms. The highest BCUT2D eigenvalue weighted by molar-refractivity contribution is 5.47. The van der Waals surface area contributed by atoms with Crippen LogP contribution < -0.4 is 10.6 Å². The highest BCUT2D eigenvalue weighted by Gasteiger charge is 2.06. The highest BCUT2D eigenvalue weighted by Crippen LogP contribution is 2.12. The molecular weight excluding hydrogens is 250 g/mol. The van der Waals surface area contributed by atoms with Gasteiger partial charge >= 0.3 is 0 Å². The number of hydrogen-bond acceptors (Lipinski definition) is 5. The maximum atomic E-state index is 4.25. The molecule has 0 saturated carbocycles. The molecule has 2 aromatic heterocycles. The first kappa shape index (κ1) is 14.2. The molecule has 20 heavy (non-hydrogen) atoms. The van der Waals surface area contributed by atoms with Gasteiger partial charge in [-0.05, 0) is 44.9 Å². The van der Waals surface area contributed by atoms with Crippen LogP contribution in [-0.4, -0.2) is 27.0 Å². The normalized spacial score (nSPS) is 12.2. The number of anilines is 2. The lowest BCUT2D eigenvalue weighted by Gasteiger charge is -2.15. The van der Waals surface area contributed by atoms with Crippen LogP contribution in [0.4, 0.5) is 11.6 Å². The van der Waals surface area contributed by atoms with Gasteiger partial charge in [0.25, 0.3) is 0 Å². The van der Waals surface area contributed by atoms with E-state index in [2.05, 4.69) is 46.4 Å². The summed E-state index contributed by atoms with van der Waals surface area (Å²) in [4.78, 5) is 12.5. The van der Waals surface area contributed by atoms with Gasteiger partial charge in [-0.15, -0.1) is 0 Å².